The third-order valence-electron chi connectivity index (χ3n) is 6.21. The minimum absolute atomic E-state index is 0.184. The van der Waals surface area contributed by atoms with Gasteiger partial charge in [0.15, 0.2) is 5.76 Å². The van der Waals surface area contributed by atoms with Crippen LogP contribution in [-0.2, 0) is 37.0 Å². The number of furan rings is 1. The van der Waals surface area contributed by atoms with Crippen LogP contribution in [0.2, 0.25) is 0 Å². The molecule has 1 aromatic carbocycles. The van der Waals surface area contributed by atoms with Crippen LogP contribution < -0.4 is 10.1 Å². The molecule has 0 aliphatic heterocycles. The molecule has 6 nitrogen and oxygen atoms in total. The van der Waals surface area contributed by atoms with Crippen LogP contribution in [0.5, 0.6) is 5.75 Å². The molecule has 2 aliphatic rings. The van der Waals surface area contributed by atoms with Gasteiger partial charge in [-0.1, -0.05) is 6.07 Å². The molecule has 172 valence electrons. The van der Waals surface area contributed by atoms with Crippen LogP contribution in [0.15, 0.2) is 34.7 Å². The minimum Gasteiger partial charge on any atom is -0.486 e. The van der Waals surface area contributed by atoms with E-state index in [9.17, 15) is 9.59 Å². The summed E-state index contributed by atoms with van der Waals surface area (Å²) in [4.78, 5) is 26.6. The molecule has 33 heavy (non-hydrogen) atoms. The zero-order chi connectivity index (χ0) is 22.8. The zero-order valence-corrected chi connectivity index (χ0v) is 19.5. The maximum atomic E-state index is 12.9. The number of hydrogen-bond donors (Lipinski definition) is 1. The number of nitrogens with one attached hydrogen (secondary N) is 1. The van der Waals surface area contributed by atoms with E-state index in [1.165, 1.54) is 28.9 Å². The van der Waals surface area contributed by atoms with Crippen molar-refractivity contribution < 1.29 is 23.5 Å². The van der Waals surface area contributed by atoms with E-state index < -0.39 is 0 Å². The van der Waals surface area contributed by atoms with Gasteiger partial charge in [0.1, 0.15) is 23.1 Å². The van der Waals surface area contributed by atoms with Gasteiger partial charge in [-0.05, 0) is 92.8 Å². The molecule has 2 heterocycles. The fourth-order valence-corrected chi connectivity index (χ4v) is 5.88. The Labute approximate surface area is 196 Å². The molecular formula is C26H27NO5S. The van der Waals surface area contributed by atoms with Gasteiger partial charge in [0.25, 0.3) is 5.91 Å². The molecule has 1 N–H and O–H groups in total. The van der Waals surface area contributed by atoms with E-state index in [0.717, 1.165) is 54.7 Å². The Bertz CT molecular complexity index is 1190. The van der Waals surface area contributed by atoms with E-state index in [1.54, 1.807) is 19.1 Å². The van der Waals surface area contributed by atoms with E-state index in [2.05, 4.69) is 17.4 Å². The molecule has 0 bridgehead atoms. The number of carbonyl (C=O) groups is 2. The summed E-state index contributed by atoms with van der Waals surface area (Å²) in [5.41, 5.74) is 4.26. The number of carbonyl (C=O) groups excluding carboxylic acids is 2. The van der Waals surface area contributed by atoms with Crippen LogP contribution in [0.1, 0.15) is 74.4 Å². The quantitative estimate of drug-likeness (QED) is 0.452. The first-order chi connectivity index (χ1) is 16.1. The summed E-state index contributed by atoms with van der Waals surface area (Å²) in [6.45, 7) is 2.32. The third-order valence-corrected chi connectivity index (χ3v) is 7.42. The second-order valence-electron chi connectivity index (χ2n) is 8.43. The lowest BCUT2D eigenvalue weighted by Crippen LogP contribution is -2.15. The first-order valence-electron chi connectivity index (χ1n) is 11.6. The molecule has 1 amide bonds. The summed E-state index contributed by atoms with van der Waals surface area (Å²) in [6.07, 6.45) is 7.31. The lowest BCUT2D eigenvalue weighted by atomic mass is 9.95. The highest BCUT2D eigenvalue weighted by molar-refractivity contribution is 7.17. The molecule has 5 rings (SSSR count). The Balaban J connectivity index is 1.27. The van der Waals surface area contributed by atoms with Crippen LogP contribution in [0.25, 0.3) is 0 Å². The van der Waals surface area contributed by atoms with Crippen LogP contribution in [0.4, 0.5) is 5.00 Å². The molecule has 0 saturated carbocycles. The predicted octanol–water partition coefficient (Wildman–Crippen LogP) is 5.72. The molecule has 0 saturated heterocycles. The molecule has 0 radical (unpaired) electrons. The van der Waals surface area contributed by atoms with Crippen molar-refractivity contribution >= 4 is 28.2 Å². The Hall–Kier alpha value is -3.06. The topological polar surface area (TPSA) is 77.8 Å². The normalized spacial score (nSPS) is 14.5. The van der Waals surface area contributed by atoms with Crippen molar-refractivity contribution in [3.8, 4) is 5.75 Å². The van der Waals surface area contributed by atoms with Gasteiger partial charge in [0.05, 0.1) is 12.2 Å². The number of ether oxygens (including phenoxy) is 2. The first-order valence-corrected chi connectivity index (χ1v) is 12.4. The maximum Gasteiger partial charge on any atom is 0.341 e. The van der Waals surface area contributed by atoms with Crippen molar-refractivity contribution in [2.24, 2.45) is 0 Å². The molecule has 2 aliphatic carbocycles. The summed E-state index contributed by atoms with van der Waals surface area (Å²) < 4.78 is 16.9. The highest BCUT2D eigenvalue weighted by Gasteiger charge is 2.28. The number of anilines is 1. The van der Waals surface area contributed by atoms with Crippen molar-refractivity contribution in [2.45, 2.75) is 58.5 Å². The van der Waals surface area contributed by atoms with E-state index in [1.807, 2.05) is 6.07 Å². The molecule has 2 aromatic heterocycles. The molecule has 7 heteroatoms. The largest absolute Gasteiger partial charge is 0.486 e. The summed E-state index contributed by atoms with van der Waals surface area (Å²) in [6, 6.07) is 9.58. The Kier molecular flexibility index (Phi) is 6.22. The van der Waals surface area contributed by atoms with E-state index in [4.69, 9.17) is 13.9 Å². The lowest BCUT2D eigenvalue weighted by Gasteiger charge is -2.12. The maximum absolute atomic E-state index is 12.9. The van der Waals surface area contributed by atoms with Crippen molar-refractivity contribution in [1.82, 2.24) is 0 Å². The van der Waals surface area contributed by atoms with Gasteiger partial charge in [-0.2, -0.15) is 0 Å². The number of rotatable bonds is 7. The molecule has 0 unspecified atom stereocenters. The molecule has 3 aromatic rings. The second-order valence-corrected chi connectivity index (χ2v) is 9.53. The van der Waals surface area contributed by atoms with Crippen molar-refractivity contribution in [3.05, 3.63) is 69.0 Å². The van der Waals surface area contributed by atoms with E-state index in [0.29, 0.717) is 22.9 Å². The molecule has 0 spiro atoms. The molecular weight excluding hydrogens is 438 g/mol. The Morgan fingerprint density at radius 1 is 1.03 bits per heavy atom. The number of fused-ring (bicyclic) bond motifs is 2. The second kappa shape index (κ2) is 9.43. The Morgan fingerprint density at radius 2 is 1.88 bits per heavy atom. The van der Waals surface area contributed by atoms with E-state index >= 15 is 0 Å². The molecule has 0 atom stereocenters. The van der Waals surface area contributed by atoms with Gasteiger partial charge in [-0.25, -0.2) is 4.79 Å². The van der Waals surface area contributed by atoms with Gasteiger partial charge in [-0.15, -0.1) is 11.3 Å². The highest BCUT2D eigenvalue weighted by atomic mass is 32.1. The average Bonchev–Trinajstić information content (AvgIpc) is 3.55. The van der Waals surface area contributed by atoms with Crippen molar-refractivity contribution in [1.29, 1.82) is 0 Å². The van der Waals surface area contributed by atoms with Crippen molar-refractivity contribution in [3.63, 3.8) is 0 Å². The van der Waals surface area contributed by atoms with E-state index in [-0.39, 0.29) is 24.2 Å². The number of benzene rings is 1. The smallest absolute Gasteiger partial charge is 0.341 e. The number of aryl methyl sites for hydroxylation is 3. The van der Waals surface area contributed by atoms with Crippen LogP contribution in [0.3, 0.4) is 0 Å². The van der Waals surface area contributed by atoms with Gasteiger partial charge in [0, 0.05) is 4.88 Å². The lowest BCUT2D eigenvalue weighted by molar-refractivity contribution is 0.0526. The van der Waals surface area contributed by atoms with Gasteiger partial charge >= 0.3 is 5.97 Å². The third kappa shape index (κ3) is 4.55. The number of hydrogen-bond acceptors (Lipinski definition) is 6. The van der Waals surface area contributed by atoms with Gasteiger partial charge in [0.2, 0.25) is 0 Å². The fourth-order valence-electron chi connectivity index (χ4n) is 4.61. The summed E-state index contributed by atoms with van der Waals surface area (Å²) >= 11 is 1.46. The summed E-state index contributed by atoms with van der Waals surface area (Å²) in [7, 11) is 0. The molecule has 0 fully saturated rings. The van der Waals surface area contributed by atoms with Gasteiger partial charge in [-0.3, -0.25) is 4.79 Å². The SMILES string of the molecule is CCOC(=O)c1c(NC(=O)c2ccc(COc3ccc4c(c3)CCC4)o2)sc2c1CCCC2. The number of esters is 1. The number of amides is 1. The average molecular weight is 466 g/mol. The first kappa shape index (κ1) is 21.8. The fraction of sp³-hybridized carbons (Fsp3) is 0.385. The van der Waals surface area contributed by atoms with Crippen LogP contribution in [-0.4, -0.2) is 18.5 Å². The summed E-state index contributed by atoms with van der Waals surface area (Å²) in [5, 5.41) is 3.42. The number of thiophene rings is 1. The summed E-state index contributed by atoms with van der Waals surface area (Å²) in [5.74, 6) is 0.791. The van der Waals surface area contributed by atoms with Crippen molar-refractivity contribution in [2.75, 3.05) is 11.9 Å². The zero-order valence-electron chi connectivity index (χ0n) is 18.7. The van der Waals surface area contributed by atoms with Crippen LogP contribution >= 0.6 is 11.3 Å². The standard InChI is InChI=1S/C26H27NO5S/c1-2-30-26(29)23-20-8-3-4-9-22(20)33-25(23)27-24(28)21-13-12-19(32-21)15-31-18-11-10-16-6-5-7-17(16)14-18/h10-14H,2-9,15H2,1H3,(H,27,28). The monoisotopic (exact) mass is 465 g/mol. The predicted molar refractivity (Wildman–Crippen MR) is 126 cm³/mol. The van der Waals surface area contributed by atoms with Crippen LogP contribution in [0, 0.1) is 0 Å². The van der Waals surface area contributed by atoms with Gasteiger partial charge < -0.3 is 19.2 Å². The Morgan fingerprint density at radius 3 is 2.76 bits per heavy atom. The highest BCUT2D eigenvalue weighted by Crippen LogP contribution is 2.39. The minimum atomic E-state index is -0.386.